The van der Waals surface area contributed by atoms with Crippen molar-refractivity contribution in [3.05, 3.63) is 28.8 Å². The number of amides is 1. The van der Waals surface area contributed by atoms with Crippen LogP contribution in [0, 0.1) is 19.8 Å². The Balaban J connectivity index is 1.96. The highest BCUT2D eigenvalue weighted by molar-refractivity contribution is 5.76. The zero-order valence-corrected chi connectivity index (χ0v) is 14.9. The average Bonchev–Trinajstić information content (AvgIpc) is 2.52. The lowest BCUT2D eigenvalue weighted by Crippen LogP contribution is -2.46. The lowest BCUT2D eigenvalue weighted by molar-refractivity contribution is -0.132. The number of piperazine rings is 1. The highest BCUT2D eigenvalue weighted by Gasteiger charge is 2.19. The number of rotatable bonds is 6. The van der Waals surface area contributed by atoms with Gasteiger partial charge in [0.2, 0.25) is 5.91 Å². The van der Waals surface area contributed by atoms with E-state index in [4.69, 9.17) is 4.74 Å². The van der Waals surface area contributed by atoms with Gasteiger partial charge in [0.1, 0.15) is 5.75 Å². The average molecular weight is 318 g/mol. The van der Waals surface area contributed by atoms with Crippen LogP contribution >= 0.6 is 0 Å². The smallest absolute Gasteiger partial charge is 0.222 e. The first kappa shape index (κ1) is 17.8. The minimum Gasteiger partial charge on any atom is -0.494 e. The molecule has 0 saturated carbocycles. The summed E-state index contributed by atoms with van der Waals surface area (Å²) in [6, 6.07) is 4.22. The fourth-order valence-electron chi connectivity index (χ4n) is 3.29. The number of carbonyl (C=O) groups is 1. The summed E-state index contributed by atoms with van der Waals surface area (Å²) in [4.78, 5) is 14.4. The van der Waals surface area contributed by atoms with E-state index in [9.17, 15) is 4.79 Å². The van der Waals surface area contributed by atoms with Crippen LogP contribution in [0.25, 0.3) is 0 Å². The molecule has 4 nitrogen and oxygen atoms in total. The molecule has 0 bridgehead atoms. The highest BCUT2D eigenvalue weighted by Crippen LogP contribution is 2.25. The molecule has 0 spiro atoms. The molecule has 1 unspecified atom stereocenters. The molecule has 1 aliphatic rings. The first-order chi connectivity index (χ1) is 11.0. The van der Waals surface area contributed by atoms with E-state index in [0.717, 1.165) is 38.3 Å². The SMILES string of the molecule is CCOc1cc(C)c(CC(C)CC(=O)N2CCNCC2)c(C)c1. The van der Waals surface area contributed by atoms with Crippen LogP contribution in [0.3, 0.4) is 0 Å². The second kappa shape index (κ2) is 8.34. The molecule has 0 aromatic heterocycles. The van der Waals surface area contributed by atoms with Crippen molar-refractivity contribution in [2.45, 2.75) is 40.5 Å². The Bertz CT molecular complexity index is 513. The number of benzene rings is 1. The van der Waals surface area contributed by atoms with E-state index in [0.29, 0.717) is 24.9 Å². The predicted molar refractivity (Wildman–Crippen MR) is 94.0 cm³/mol. The van der Waals surface area contributed by atoms with Gasteiger partial charge in [0.25, 0.3) is 0 Å². The zero-order chi connectivity index (χ0) is 16.8. The fourth-order valence-corrected chi connectivity index (χ4v) is 3.29. The van der Waals surface area contributed by atoms with Crippen LogP contribution in [0.4, 0.5) is 0 Å². The van der Waals surface area contributed by atoms with Crippen molar-refractivity contribution in [2.75, 3.05) is 32.8 Å². The summed E-state index contributed by atoms with van der Waals surface area (Å²) < 4.78 is 5.60. The molecule has 1 fully saturated rings. The molecule has 4 heteroatoms. The van der Waals surface area contributed by atoms with Gasteiger partial charge in [-0.1, -0.05) is 6.92 Å². The van der Waals surface area contributed by atoms with Gasteiger partial charge in [-0.25, -0.2) is 0 Å². The molecule has 1 saturated heterocycles. The van der Waals surface area contributed by atoms with Crippen molar-refractivity contribution < 1.29 is 9.53 Å². The second-order valence-corrected chi connectivity index (χ2v) is 6.61. The molecule has 1 aliphatic heterocycles. The predicted octanol–water partition coefficient (Wildman–Crippen LogP) is 2.70. The van der Waals surface area contributed by atoms with Crippen molar-refractivity contribution in [3.63, 3.8) is 0 Å². The Morgan fingerprint density at radius 1 is 1.26 bits per heavy atom. The zero-order valence-electron chi connectivity index (χ0n) is 14.9. The Morgan fingerprint density at radius 3 is 2.43 bits per heavy atom. The topological polar surface area (TPSA) is 41.6 Å². The van der Waals surface area contributed by atoms with Gasteiger partial charge < -0.3 is 15.0 Å². The third-order valence-corrected chi connectivity index (χ3v) is 4.53. The van der Waals surface area contributed by atoms with Gasteiger partial charge in [-0.3, -0.25) is 4.79 Å². The van der Waals surface area contributed by atoms with Crippen LogP contribution in [0.15, 0.2) is 12.1 Å². The molecule has 128 valence electrons. The van der Waals surface area contributed by atoms with Gasteiger partial charge >= 0.3 is 0 Å². The van der Waals surface area contributed by atoms with E-state index in [2.05, 4.69) is 38.2 Å². The third-order valence-electron chi connectivity index (χ3n) is 4.53. The van der Waals surface area contributed by atoms with Crippen LogP contribution in [0.1, 0.15) is 37.0 Å². The number of carbonyl (C=O) groups excluding carboxylic acids is 1. The van der Waals surface area contributed by atoms with Crippen LogP contribution in [0.2, 0.25) is 0 Å². The Labute approximate surface area is 140 Å². The van der Waals surface area contributed by atoms with Crippen molar-refractivity contribution in [1.29, 1.82) is 0 Å². The Morgan fingerprint density at radius 2 is 1.87 bits per heavy atom. The minimum absolute atomic E-state index is 0.292. The third kappa shape index (κ3) is 4.96. The van der Waals surface area contributed by atoms with Gasteiger partial charge in [0, 0.05) is 32.6 Å². The molecule has 0 radical (unpaired) electrons. The van der Waals surface area contributed by atoms with E-state index in [1.807, 2.05) is 11.8 Å². The Kier molecular flexibility index (Phi) is 6.46. The van der Waals surface area contributed by atoms with Crippen LogP contribution in [0.5, 0.6) is 5.75 Å². The molecule has 1 amide bonds. The molecule has 0 aliphatic carbocycles. The van der Waals surface area contributed by atoms with Gasteiger partial charge in [-0.05, 0) is 61.9 Å². The number of nitrogens with one attached hydrogen (secondary N) is 1. The molecule has 1 N–H and O–H groups in total. The maximum Gasteiger partial charge on any atom is 0.222 e. The summed E-state index contributed by atoms with van der Waals surface area (Å²) in [5.74, 6) is 1.59. The van der Waals surface area contributed by atoms with E-state index in [1.54, 1.807) is 0 Å². The molecule has 1 heterocycles. The van der Waals surface area contributed by atoms with Gasteiger partial charge in [-0.15, -0.1) is 0 Å². The standard InChI is InChI=1S/C19H30N2O2/c1-5-23-17-12-15(3)18(16(4)13-17)10-14(2)11-19(22)21-8-6-20-7-9-21/h12-14,20H,5-11H2,1-4H3. The first-order valence-electron chi connectivity index (χ1n) is 8.72. The first-order valence-corrected chi connectivity index (χ1v) is 8.72. The molecule has 23 heavy (non-hydrogen) atoms. The second-order valence-electron chi connectivity index (χ2n) is 6.61. The quantitative estimate of drug-likeness (QED) is 0.877. The van der Waals surface area contributed by atoms with Gasteiger partial charge in [0.15, 0.2) is 0 Å². The Hall–Kier alpha value is -1.55. The van der Waals surface area contributed by atoms with E-state index >= 15 is 0 Å². The summed E-state index contributed by atoms with van der Waals surface area (Å²) in [6.45, 7) is 12.6. The van der Waals surface area contributed by atoms with E-state index in [-0.39, 0.29) is 0 Å². The molecule has 1 aromatic carbocycles. The number of aryl methyl sites for hydroxylation is 2. The van der Waals surface area contributed by atoms with Crippen LogP contribution in [-0.2, 0) is 11.2 Å². The molecular formula is C19H30N2O2. The number of ether oxygens (including phenoxy) is 1. The van der Waals surface area contributed by atoms with E-state index in [1.165, 1.54) is 16.7 Å². The minimum atomic E-state index is 0.292. The molecular weight excluding hydrogens is 288 g/mol. The lowest BCUT2D eigenvalue weighted by Gasteiger charge is -2.28. The van der Waals surface area contributed by atoms with Gasteiger partial charge in [0.05, 0.1) is 6.61 Å². The highest BCUT2D eigenvalue weighted by atomic mass is 16.5. The molecule has 1 atom stereocenters. The summed E-state index contributed by atoms with van der Waals surface area (Å²) in [5.41, 5.74) is 3.87. The van der Waals surface area contributed by atoms with Crippen LogP contribution in [-0.4, -0.2) is 43.6 Å². The summed E-state index contributed by atoms with van der Waals surface area (Å²) in [7, 11) is 0. The monoisotopic (exact) mass is 318 g/mol. The summed E-state index contributed by atoms with van der Waals surface area (Å²) in [6.07, 6.45) is 1.58. The van der Waals surface area contributed by atoms with Crippen molar-refractivity contribution >= 4 is 5.91 Å². The number of hydrogen-bond acceptors (Lipinski definition) is 3. The van der Waals surface area contributed by atoms with Crippen molar-refractivity contribution in [2.24, 2.45) is 5.92 Å². The maximum atomic E-state index is 12.4. The molecule has 1 aromatic rings. The summed E-state index contributed by atoms with van der Waals surface area (Å²) in [5, 5.41) is 3.29. The van der Waals surface area contributed by atoms with E-state index < -0.39 is 0 Å². The largest absolute Gasteiger partial charge is 0.494 e. The number of hydrogen-bond donors (Lipinski definition) is 1. The van der Waals surface area contributed by atoms with Crippen LogP contribution < -0.4 is 10.1 Å². The van der Waals surface area contributed by atoms with Gasteiger partial charge in [-0.2, -0.15) is 0 Å². The maximum absolute atomic E-state index is 12.4. The van der Waals surface area contributed by atoms with Crippen molar-refractivity contribution in [1.82, 2.24) is 10.2 Å². The summed E-state index contributed by atoms with van der Waals surface area (Å²) >= 11 is 0. The molecule has 2 rings (SSSR count). The normalized spacial score (nSPS) is 16.3. The lowest BCUT2D eigenvalue weighted by atomic mass is 9.91. The van der Waals surface area contributed by atoms with Crippen molar-refractivity contribution in [3.8, 4) is 5.75 Å². The number of nitrogens with zero attached hydrogens (tertiary/aromatic N) is 1. The fraction of sp³-hybridized carbons (Fsp3) is 0.632.